The van der Waals surface area contributed by atoms with Gasteiger partial charge in [0.15, 0.2) is 0 Å². The van der Waals surface area contributed by atoms with Crippen molar-refractivity contribution in [3.05, 3.63) is 77.9 Å². The molecule has 106 valence electrons. The van der Waals surface area contributed by atoms with Gasteiger partial charge in [-0.25, -0.2) is 0 Å². The zero-order valence-electron chi connectivity index (χ0n) is 12.2. The molecule has 0 fully saturated rings. The molecule has 1 aromatic carbocycles. The summed E-state index contributed by atoms with van der Waals surface area (Å²) < 4.78 is 0. The van der Waals surface area contributed by atoms with Crippen LogP contribution in [-0.4, -0.2) is 0 Å². The van der Waals surface area contributed by atoms with E-state index >= 15 is 0 Å². The lowest BCUT2D eigenvalue weighted by Gasteiger charge is -2.22. The van der Waals surface area contributed by atoms with Crippen LogP contribution in [0.1, 0.15) is 45.7 Å². The third kappa shape index (κ3) is 2.31. The van der Waals surface area contributed by atoms with Crippen LogP contribution in [0.3, 0.4) is 0 Å². The third-order valence-corrected chi connectivity index (χ3v) is 4.03. The van der Waals surface area contributed by atoms with Crippen molar-refractivity contribution < 1.29 is 0 Å². The van der Waals surface area contributed by atoms with Crippen molar-refractivity contribution >= 4 is 5.57 Å². The highest BCUT2D eigenvalue weighted by molar-refractivity contribution is 5.92. The fourth-order valence-corrected chi connectivity index (χ4v) is 3.14. The van der Waals surface area contributed by atoms with Crippen molar-refractivity contribution in [2.24, 2.45) is 0 Å². The van der Waals surface area contributed by atoms with E-state index in [1.807, 2.05) is 12.2 Å². The third-order valence-electron chi connectivity index (χ3n) is 4.03. The van der Waals surface area contributed by atoms with Gasteiger partial charge >= 0.3 is 0 Å². The van der Waals surface area contributed by atoms with Gasteiger partial charge in [0.25, 0.3) is 0 Å². The van der Waals surface area contributed by atoms with Gasteiger partial charge in [-0.3, -0.25) is 0 Å². The van der Waals surface area contributed by atoms with Crippen LogP contribution in [0.4, 0.5) is 0 Å². The van der Waals surface area contributed by atoms with E-state index < -0.39 is 0 Å². The Morgan fingerprint density at radius 2 is 1.85 bits per heavy atom. The molecule has 2 rings (SSSR count). The maximum Gasteiger partial charge on any atom is 0.0155 e. The lowest BCUT2D eigenvalue weighted by atomic mass is 9.81. The molecule has 1 aromatic rings. The smallest absolute Gasteiger partial charge is 0.0155 e. The molecule has 0 spiro atoms. The van der Waals surface area contributed by atoms with Crippen molar-refractivity contribution in [2.75, 3.05) is 0 Å². The summed E-state index contributed by atoms with van der Waals surface area (Å²) in [5, 5.41) is 0. The Hall–Kier alpha value is -1.82. The van der Waals surface area contributed by atoms with Crippen molar-refractivity contribution in [1.82, 2.24) is 0 Å². The monoisotopic (exact) mass is 266 g/mol. The van der Waals surface area contributed by atoms with Crippen LogP contribution in [0.5, 0.6) is 0 Å². The zero-order chi connectivity index (χ0) is 14.0. The van der Waals surface area contributed by atoms with Gasteiger partial charge < -0.3 is 0 Å². The summed E-state index contributed by atoms with van der Waals surface area (Å²) in [6.07, 6.45) is 7.02. The number of rotatable bonds is 3. The van der Waals surface area contributed by atoms with Crippen LogP contribution in [0.25, 0.3) is 5.57 Å². The summed E-state index contributed by atoms with van der Waals surface area (Å²) in [6, 6.07) is 8.69. The molecule has 0 aliphatic heterocycles. The summed E-state index contributed by atoms with van der Waals surface area (Å²) in [7, 11) is 0. The number of hydrogen-bond acceptors (Lipinski definition) is 0. The van der Waals surface area contributed by atoms with Gasteiger partial charge in [-0.05, 0) is 41.2 Å². The van der Waals surface area contributed by atoms with E-state index in [2.05, 4.69) is 64.3 Å². The minimum atomic E-state index is 0. The lowest BCUT2D eigenvalue weighted by molar-refractivity contribution is 0.659. The first-order chi connectivity index (χ1) is 9.07. The Morgan fingerprint density at radius 1 is 1.20 bits per heavy atom. The van der Waals surface area contributed by atoms with E-state index in [1.54, 1.807) is 0 Å². The van der Waals surface area contributed by atoms with Gasteiger partial charge in [0.2, 0.25) is 0 Å². The van der Waals surface area contributed by atoms with Crippen molar-refractivity contribution in [3.8, 4) is 0 Å². The topological polar surface area (TPSA) is 0 Å². The molecule has 0 amide bonds. The van der Waals surface area contributed by atoms with Crippen LogP contribution < -0.4 is 0 Å². The summed E-state index contributed by atoms with van der Waals surface area (Å²) in [6.45, 7) is 14.6. The summed E-state index contributed by atoms with van der Waals surface area (Å²) >= 11 is 0. The van der Waals surface area contributed by atoms with E-state index in [-0.39, 0.29) is 12.8 Å². The molecule has 0 heteroatoms. The van der Waals surface area contributed by atoms with Crippen LogP contribution >= 0.6 is 0 Å². The fourth-order valence-electron chi connectivity index (χ4n) is 3.14. The molecular weight excluding hydrogens is 240 g/mol. The molecule has 0 heterocycles. The molecule has 0 unspecified atom stereocenters. The number of allylic oxidation sites excluding steroid dienone is 6. The number of benzene rings is 1. The van der Waals surface area contributed by atoms with Crippen LogP contribution in [-0.2, 0) is 5.41 Å². The minimum absolute atomic E-state index is 0. The number of hydrogen-bond donors (Lipinski definition) is 0. The Morgan fingerprint density at radius 3 is 2.40 bits per heavy atom. The van der Waals surface area contributed by atoms with Gasteiger partial charge in [-0.15, -0.1) is 6.58 Å². The average Bonchev–Trinajstić information content (AvgIpc) is 2.64. The van der Waals surface area contributed by atoms with Gasteiger partial charge in [-0.1, -0.05) is 70.3 Å². The molecule has 0 N–H and O–H groups in total. The highest BCUT2D eigenvalue weighted by Crippen LogP contribution is 2.51. The second-order valence-electron chi connectivity index (χ2n) is 5.47. The van der Waals surface area contributed by atoms with Gasteiger partial charge in [-0.2, -0.15) is 0 Å². The molecule has 0 saturated carbocycles. The van der Waals surface area contributed by atoms with E-state index in [0.29, 0.717) is 0 Å². The molecule has 0 aromatic heterocycles. The molecule has 1 aliphatic rings. The SMILES string of the molecule is C.C=CC/C(C=C)=C1/C(=C\C)C(C)(C)c2ccccc21. The average molecular weight is 266 g/mol. The molecule has 0 saturated heterocycles. The summed E-state index contributed by atoms with van der Waals surface area (Å²) in [5.74, 6) is 0. The Bertz CT molecular complexity index is 580. The molecule has 0 nitrogen and oxygen atoms in total. The molecule has 0 radical (unpaired) electrons. The molecule has 1 aliphatic carbocycles. The fraction of sp³-hybridized carbons (Fsp3) is 0.300. The lowest BCUT2D eigenvalue weighted by Crippen LogP contribution is -2.15. The van der Waals surface area contributed by atoms with E-state index in [1.165, 1.54) is 27.8 Å². The quantitative estimate of drug-likeness (QED) is 0.582. The van der Waals surface area contributed by atoms with E-state index in [4.69, 9.17) is 0 Å². The highest BCUT2D eigenvalue weighted by atomic mass is 14.4. The first-order valence-electron chi connectivity index (χ1n) is 6.81. The van der Waals surface area contributed by atoms with E-state index in [0.717, 1.165) is 6.42 Å². The first-order valence-corrected chi connectivity index (χ1v) is 6.81. The second-order valence-corrected chi connectivity index (χ2v) is 5.47. The molecule has 0 bridgehead atoms. The van der Waals surface area contributed by atoms with Crippen molar-refractivity contribution in [2.45, 2.75) is 40.0 Å². The number of fused-ring (bicyclic) bond motifs is 1. The molecular formula is C20H26. The maximum absolute atomic E-state index is 3.98. The zero-order valence-corrected chi connectivity index (χ0v) is 12.2. The van der Waals surface area contributed by atoms with Gasteiger partial charge in [0.1, 0.15) is 0 Å². The Labute approximate surface area is 124 Å². The van der Waals surface area contributed by atoms with Gasteiger partial charge in [0, 0.05) is 5.41 Å². The standard InChI is InChI=1S/C19H22.CH4/c1-6-11-14(7-2)18-15-12-9-10-13-17(15)19(4,5)16(18)8-3;/h6-10,12-13H,1-2,11H2,3-5H3;1H4/b16-8+,18-14+;. The molecule has 20 heavy (non-hydrogen) atoms. The Balaban J connectivity index is 0.00000200. The molecule has 0 atom stereocenters. The minimum Gasteiger partial charge on any atom is -0.103 e. The highest BCUT2D eigenvalue weighted by Gasteiger charge is 2.38. The van der Waals surface area contributed by atoms with Gasteiger partial charge in [0.05, 0.1) is 0 Å². The van der Waals surface area contributed by atoms with E-state index in [9.17, 15) is 0 Å². The first kappa shape index (κ1) is 16.2. The Kier molecular flexibility index (Phi) is 4.94. The predicted molar refractivity (Wildman–Crippen MR) is 91.9 cm³/mol. The largest absolute Gasteiger partial charge is 0.103 e. The predicted octanol–water partition coefficient (Wildman–Crippen LogP) is 6.08. The second kappa shape index (κ2) is 6.09. The maximum atomic E-state index is 3.98. The van der Waals surface area contributed by atoms with Crippen molar-refractivity contribution in [1.29, 1.82) is 0 Å². The van der Waals surface area contributed by atoms with Crippen LogP contribution in [0, 0.1) is 0 Å². The normalized spacial score (nSPS) is 20.1. The summed E-state index contributed by atoms with van der Waals surface area (Å²) in [5.41, 5.74) is 6.82. The van der Waals surface area contributed by atoms with Crippen LogP contribution in [0.2, 0.25) is 0 Å². The van der Waals surface area contributed by atoms with Crippen LogP contribution in [0.15, 0.2) is 66.8 Å². The summed E-state index contributed by atoms with van der Waals surface area (Å²) in [4.78, 5) is 0. The van der Waals surface area contributed by atoms with Crippen molar-refractivity contribution in [3.63, 3.8) is 0 Å².